The first kappa shape index (κ1) is 22.8. The monoisotopic (exact) mass is 448 g/mol. The largest absolute Gasteiger partial charge is 0.497 e. The van der Waals surface area contributed by atoms with Gasteiger partial charge in [0.15, 0.2) is 11.6 Å². The number of rotatable bonds is 6. The van der Waals surface area contributed by atoms with Gasteiger partial charge in [-0.05, 0) is 72.9 Å². The van der Waals surface area contributed by atoms with Gasteiger partial charge in [0, 0.05) is 30.4 Å². The van der Waals surface area contributed by atoms with Crippen molar-refractivity contribution in [1.82, 2.24) is 9.88 Å². The van der Waals surface area contributed by atoms with Gasteiger partial charge in [-0.15, -0.1) is 0 Å². The van der Waals surface area contributed by atoms with Gasteiger partial charge in [0.1, 0.15) is 5.75 Å². The Bertz CT molecular complexity index is 1120. The summed E-state index contributed by atoms with van der Waals surface area (Å²) < 4.78 is 24.2. The summed E-state index contributed by atoms with van der Waals surface area (Å²) in [7, 11) is 3.09. The number of halogens is 1. The fourth-order valence-corrected chi connectivity index (χ4v) is 4.38. The van der Waals surface area contributed by atoms with Crippen molar-refractivity contribution >= 4 is 5.91 Å². The highest BCUT2D eigenvalue weighted by atomic mass is 19.1. The summed E-state index contributed by atoms with van der Waals surface area (Å²) >= 11 is 0. The molecule has 0 spiro atoms. The molecule has 0 aliphatic carbocycles. The Kier molecular flexibility index (Phi) is 6.92. The summed E-state index contributed by atoms with van der Waals surface area (Å²) in [5, 5.41) is 0. The van der Waals surface area contributed by atoms with Crippen LogP contribution in [0.15, 0.2) is 54.6 Å². The SMILES string of the molecule is COc1ccc(-c2cc(C)nc(C3CCN(C(=O)Cc4ccc(OC)c(F)c4)CC3)c2)cc1. The number of carbonyl (C=O) groups excluding carboxylic acids is 1. The van der Waals surface area contributed by atoms with Crippen LogP contribution in [0.5, 0.6) is 11.5 Å². The van der Waals surface area contributed by atoms with Crippen LogP contribution < -0.4 is 9.47 Å². The van der Waals surface area contributed by atoms with Gasteiger partial charge >= 0.3 is 0 Å². The molecular formula is C27H29FN2O3. The molecule has 1 fully saturated rings. The van der Waals surface area contributed by atoms with E-state index in [1.54, 1.807) is 19.2 Å². The molecule has 1 aliphatic rings. The van der Waals surface area contributed by atoms with Crippen molar-refractivity contribution in [2.75, 3.05) is 27.3 Å². The number of likely N-dealkylation sites (tertiary alicyclic amines) is 1. The van der Waals surface area contributed by atoms with Crippen molar-refractivity contribution in [2.45, 2.75) is 32.1 Å². The molecule has 1 saturated heterocycles. The zero-order valence-corrected chi connectivity index (χ0v) is 19.3. The molecule has 1 amide bonds. The first-order chi connectivity index (χ1) is 16.0. The van der Waals surface area contributed by atoms with E-state index in [2.05, 4.69) is 24.3 Å². The molecule has 2 heterocycles. The normalized spacial score (nSPS) is 14.2. The van der Waals surface area contributed by atoms with Crippen molar-refractivity contribution < 1.29 is 18.7 Å². The van der Waals surface area contributed by atoms with Gasteiger partial charge in [-0.3, -0.25) is 9.78 Å². The second kappa shape index (κ2) is 10.0. The number of hydrogen-bond donors (Lipinski definition) is 0. The van der Waals surface area contributed by atoms with E-state index >= 15 is 0 Å². The number of piperidine rings is 1. The molecular weight excluding hydrogens is 419 g/mol. The van der Waals surface area contributed by atoms with Crippen molar-refractivity contribution in [3.05, 3.63) is 77.4 Å². The molecule has 172 valence electrons. The maximum Gasteiger partial charge on any atom is 0.226 e. The summed E-state index contributed by atoms with van der Waals surface area (Å²) in [4.78, 5) is 19.4. The van der Waals surface area contributed by atoms with Crippen LogP contribution in [-0.4, -0.2) is 43.1 Å². The molecule has 0 radical (unpaired) electrons. The van der Waals surface area contributed by atoms with Crippen LogP contribution in [0.2, 0.25) is 0 Å². The minimum atomic E-state index is -0.445. The number of hydrogen-bond acceptors (Lipinski definition) is 4. The van der Waals surface area contributed by atoms with Crippen molar-refractivity contribution in [1.29, 1.82) is 0 Å². The van der Waals surface area contributed by atoms with Gasteiger partial charge in [0.2, 0.25) is 5.91 Å². The fourth-order valence-electron chi connectivity index (χ4n) is 4.38. The third-order valence-corrected chi connectivity index (χ3v) is 6.23. The van der Waals surface area contributed by atoms with Crippen LogP contribution in [0.1, 0.15) is 35.7 Å². The van der Waals surface area contributed by atoms with E-state index in [9.17, 15) is 9.18 Å². The summed E-state index contributed by atoms with van der Waals surface area (Å²) in [6, 6.07) is 17.0. The first-order valence-electron chi connectivity index (χ1n) is 11.2. The fraction of sp³-hybridized carbons (Fsp3) is 0.333. The number of methoxy groups -OCH3 is 2. The van der Waals surface area contributed by atoms with Gasteiger partial charge in [0.25, 0.3) is 0 Å². The Morgan fingerprint density at radius 1 is 1.00 bits per heavy atom. The second-order valence-electron chi connectivity index (χ2n) is 8.45. The Morgan fingerprint density at radius 3 is 2.36 bits per heavy atom. The minimum absolute atomic E-state index is 0.0224. The van der Waals surface area contributed by atoms with E-state index in [1.165, 1.54) is 13.2 Å². The van der Waals surface area contributed by atoms with Crippen LogP contribution in [-0.2, 0) is 11.2 Å². The Hall–Kier alpha value is -3.41. The molecule has 33 heavy (non-hydrogen) atoms. The quantitative estimate of drug-likeness (QED) is 0.523. The highest BCUT2D eigenvalue weighted by Gasteiger charge is 2.25. The van der Waals surface area contributed by atoms with E-state index < -0.39 is 5.82 Å². The predicted octanol–water partition coefficient (Wildman–Crippen LogP) is 5.16. The number of aryl methyl sites for hydroxylation is 1. The summed E-state index contributed by atoms with van der Waals surface area (Å²) in [6.07, 6.45) is 1.92. The zero-order valence-electron chi connectivity index (χ0n) is 19.3. The van der Waals surface area contributed by atoms with Crippen LogP contribution in [0.4, 0.5) is 4.39 Å². The highest BCUT2D eigenvalue weighted by Crippen LogP contribution is 2.31. The third-order valence-electron chi connectivity index (χ3n) is 6.23. The number of pyridine rings is 1. The molecule has 6 heteroatoms. The maximum absolute atomic E-state index is 13.9. The topological polar surface area (TPSA) is 51.7 Å². The molecule has 0 unspecified atom stereocenters. The number of ether oxygens (including phenoxy) is 2. The first-order valence-corrected chi connectivity index (χ1v) is 11.2. The van der Waals surface area contributed by atoms with E-state index in [0.717, 1.165) is 41.1 Å². The molecule has 1 aromatic heterocycles. The average molecular weight is 449 g/mol. The standard InChI is InChI=1S/C27H29FN2O3/c1-18-14-22(20-5-7-23(32-2)8-6-20)17-25(29-18)21-10-12-30(13-11-21)27(31)16-19-4-9-26(33-3)24(28)15-19/h4-9,14-15,17,21H,10-13,16H2,1-3H3. The van der Waals surface area contributed by atoms with E-state index in [1.807, 2.05) is 24.0 Å². The Balaban J connectivity index is 1.40. The molecule has 3 aromatic rings. The van der Waals surface area contributed by atoms with Crippen LogP contribution in [0.25, 0.3) is 11.1 Å². The van der Waals surface area contributed by atoms with Gasteiger partial charge in [-0.1, -0.05) is 18.2 Å². The molecule has 0 bridgehead atoms. The lowest BCUT2D eigenvalue weighted by Crippen LogP contribution is -2.39. The van der Waals surface area contributed by atoms with Gasteiger partial charge in [0.05, 0.1) is 20.6 Å². The average Bonchev–Trinajstić information content (AvgIpc) is 2.84. The Morgan fingerprint density at radius 2 is 1.73 bits per heavy atom. The predicted molar refractivity (Wildman–Crippen MR) is 126 cm³/mol. The van der Waals surface area contributed by atoms with Crippen LogP contribution >= 0.6 is 0 Å². The Labute approximate surface area is 194 Å². The second-order valence-corrected chi connectivity index (χ2v) is 8.45. The number of carbonyl (C=O) groups is 1. The van der Waals surface area contributed by atoms with Crippen molar-refractivity contribution in [2.24, 2.45) is 0 Å². The summed E-state index contributed by atoms with van der Waals surface area (Å²) in [5.74, 6) is 0.907. The van der Waals surface area contributed by atoms with Crippen LogP contribution in [0.3, 0.4) is 0 Å². The third kappa shape index (κ3) is 5.33. The lowest BCUT2D eigenvalue weighted by molar-refractivity contribution is -0.131. The molecule has 2 aromatic carbocycles. The van der Waals surface area contributed by atoms with Crippen LogP contribution in [0, 0.1) is 12.7 Å². The highest BCUT2D eigenvalue weighted by molar-refractivity contribution is 5.79. The van der Waals surface area contributed by atoms with Gasteiger partial charge in [-0.25, -0.2) is 4.39 Å². The molecule has 0 saturated carbocycles. The lowest BCUT2D eigenvalue weighted by Gasteiger charge is -2.32. The molecule has 1 aliphatic heterocycles. The van der Waals surface area contributed by atoms with E-state index in [-0.39, 0.29) is 18.1 Å². The van der Waals surface area contributed by atoms with Crippen molar-refractivity contribution in [3.63, 3.8) is 0 Å². The molecule has 5 nitrogen and oxygen atoms in total. The summed E-state index contributed by atoms with van der Waals surface area (Å²) in [5.41, 5.74) is 4.98. The van der Waals surface area contributed by atoms with E-state index in [4.69, 9.17) is 14.5 Å². The molecule has 0 N–H and O–H groups in total. The number of aromatic nitrogens is 1. The molecule has 4 rings (SSSR count). The minimum Gasteiger partial charge on any atom is -0.497 e. The zero-order chi connectivity index (χ0) is 23.4. The number of amides is 1. The summed E-state index contributed by atoms with van der Waals surface area (Å²) in [6.45, 7) is 3.37. The lowest BCUT2D eigenvalue weighted by atomic mass is 9.91. The maximum atomic E-state index is 13.9. The number of nitrogens with zero attached hydrogens (tertiary/aromatic N) is 2. The van der Waals surface area contributed by atoms with Gasteiger partial charge < -0.3 is 14.4 Å². The van der Waals surface area contributed by atoms with Crippen molar-refractivity contribution in [3.8, 4) is 22.6 Å². The molecule has 0 atom stereocenters. The van der Waals surface area contributed by atoms with Gasteiger partial charge in [-0.2, -0.15) is 0 Å². The number of benzene rings is 2. The smallest absolute Gasteiger partial charge is 0.226 e. The van der Waals surface area contributed by atoms with E-state index in [0.29, 0.717) is 24.6 Å².